The summed E-state index contributed by atoms with van der Waals surface area (Å²) >= 11 is 0. The fraction of sp³-hybridized carbons (Fsp3) is 0.333. The topological polar surface area (TPSA) is 62.8 Å². The van der Waals surface area contributed by atoms with E-state index >= 15 is 0 Å². The molecule has 1 heterocycles. The highest BCUT2D eigenvalue weighted by atomic mass is 14.9. The molecule has 0 aromatic heterocycles. The van der Waals surface area contributed by atoms with Crippen LogP contribution in [-0.4, -0.2) is 17.5 Å². The van der Waals surface area contributed by atoms with Gasteiger partial charge in [0, 0.05) is 6.20 Å². The van der Waals surface area contributed by atoms with Crippen LogP contribution in [0.5, 0.6) is 0 Å². The number of rotatable bonds is 7. The van der Waals surface area contributed by atoms with E-state index in [0.717, 1.165) is 48.5 Å². The number of nitrogens with zero attached hydrogens (tertiary/aromatic N) is 2. The monoisotopic (exact) mass is 336 g/mol. The van der Waals surface area contributed by atoms with Gasteiger partial charge in [0.25, 0.3) is 0 Å². The summed E-state index contributed by atoms with van der Waals surface area (Å²) in [5.41, 5.74) is 9.20. The first-order chi connectivity index (χ1) is 12.2. The van der Waals surface area contributed by atoms with Crippen molar-refractivity contribution in [1.82, 2.24) is 5.32 Å². The Kier molecular flexibility index (Phi) is 7.70. The highest BCUT2D eigenvalue weighted by Crippen LogP contribution is 2.14. The summed E-state index contributed by atoms with van der Waals surface area (Å²) in [4.78, 5) is 9.60. The van der Waals surface area contributed by atoms with Crippen molar-refractivity contribution < 1.29 is 0 Å². The normalized spacial score (nSPS) is 21.3. The molecule has 0 spiro atoms. The number of aliphatic imine (C=N–C) groups is 2. The summed E-state index contributed by atoms with van der Waals surface area (Å²) in [5.74, 6) is 0. The van der Waals surface area contributed by atoms with Crippen molar-refractivity contribution in [3.05, 3.63) is 72.4 Å². The highest BCUT2D eigenvalue weighted by molar-refractivity contribution is 6.52. The van der Waals surface area contributed by atoms with Crippen LogP contribution in [0.3, 0.4) is 0 Å². The van der Waals surface area contributed by atoms with Crippen molar-refractivity contribution in [3.63, 3.8) is 0 Å². The first kappa shape index (κ1) is 18.7. The van der Waals surface area contributed by atoms with E-state index in [9.17, 15) is 0 Å². The van der Waals surface area contributed by atoms with E-state index in [2.05, 4.69) is 43.5 Å². The van der Waals surface area contributed by atoms with Gasteiger partial charge in [0.2, 0.25) is 0 Å². The van der Waals surface area contributed by atoms with Crippen LogP contribution < -0.4 is 11.1 Å². The van der Waals surface area contributed by atoms with Gasteiger partial charge >= 0.3 is 0 Å². The Bertz CT molecular complexity index is 685. The molecule has 0 fully saturated rings. The fourth-order valence-corrected chi connectivity index (χ4v) is 2.48. The van der Waals surface area contributed by atoms with Gasteiger partial charge in [-0.25, -0.2) is 4.99 Å². The first-order valence-corrected chi connectivity index (χ1v) is 8.95. The summed E-state index contributed by atoms with van der Waals surface area (Å²) in [7, 11) is 0. The van der Waals surface area contributed by atoms with E-state index in [0.29, 0.717) is 0 Å². The molecule has 25 heavy (non-hydrogen) atoms. The molecule has 4 nitrogen and oxygen atoms in total. The molecule has 3 N–H and O–H groups in total. The summed E-state index contributed by atoms with van der Waals surface area (Å²) < 4.78 is 0. The Labute approximate surface area is 151 Å². The van der Waals surface area contributed by atoms with Crippen molar-refractivity contribution in [1.29, 1.82) is 0 Å². The van der Waals surface area contributed by atoms with Crippen molar-refractivity contribution in [2.75, 3.05) is 0 Å². The largest absolute Gasteiger partial charge is 0.403 e. The first-order valence-electron chi connectivity index (χ1n) is 8.95. The number of nitrogens with one attached hydrogen (secondary N) is 1. The molecule has 2 aliphatic rings. The van der Waals surface area contributed by atoms with Gasteiger partial charge in [-0.1, -0.05) is 49.8 Å². The average molecular weight is 336 g/mol. The lowest BCUT2D eigenvalue weighted by molar-refractivity contribution is 0.754. The lowest BCUT2D eigenvalue weighted by Crippen LogP contribution is -2.26. The van der Waals surface area contributed by atoms with Gasteiger partial charge in [0.15, 0.2) is 0 Å². The Hall–Kier alpha value is -2.62. The fourth-order valence-electron chi connectivity index (χ4n) is 2.48. The second-order valence-corrected chi connectivity index (χ2v) is 6.03. The molecular weight excluding hydrogens is 308 g/mol. The predicted molar refractivity (Wildman–Crippen MR) is 109 cm³/mol. The second-order valence-electron chi connectivity index (χ2n) is 6.03. The molecule has 2 rings (SSSR count). The van der Waals surface area contributed by atoms with Crippen LogP contribution in [0.25, 0.3) is 0 Å². The molecule has 132 valence electrons. The predicted octanol–water partition coefficient (Wildman–Crippen LogP) is 4.32. The zero-order chi connectivity index (χ0) is 17.9. The van der Waals surface area contributed by atoms with Gasteiger partial charge in [-0.2, -0.15) is 0 Å². The minimum absolute atomic E-state index is 0.250. The molecule has 0 unspecified atom stereocenters. The Morgan fingerprint density at radius 2 is 2.24 bits per heavy atom. The number of hydrogen-bond acceptors (Lipinski definition) is 4. The van der Waals surface area contributed by atoms with Gasteiger partial charge < -0.3 is 11.1 Å². The zero-order valence-electron chi connectivity index (χ0n) is 15.2. The van der Waals surface area contributed by atoms with Crippen LogP contribution in [0.4, 0.5) is 0 Å². The summed E-state index contributed by atoms with van der Waals surface area (Å²) in [5, 5.41) is 3.26. The SMILES string of the molecule is CCC/C=C\NC(=C\N)/C(=N\C1=CCC=CC=C1)C1=N[C@@H](C)CC=C1. The molecule has 1 aliphatic heterocycles. The van der Waals surface area contributed by atoms with Crippen LogP contribution in [0.2, 0.25) is 0 Å². The number of unbranched alkanes of at least 4 members (excludes halogenated alkanes) is 1. The minimum atomic E-state index is 0.250. The van der Waals surface area contributed by atoms with E-state index in [-0.39, 0.29) is 6.04 Å². The van der Waals surface area contributed by atoms with E-state index < -0.39 is 0 Å². The van der Waals surface area contributed by atoms with E-state index in [1.165, 1.54) is 0 Å². The van der Waals surface area contributed by atoms with Gasteiger partial charge in [0.05, 0.1) is 23.1 Å². The van der Waals surface area contributed by atoms with Gasteiger partial charge in [-0.3, -0.25) is 4.99 Å². The van der Waals surface area contributed by atoms with E-state index in [1.54, 1.807) is 6.20 Å². The lowest BCUT2D eigenvalue weighted by Gasteiger charge is -2.16. The van der Waals surface area contributed by atoms with E-state index in [1.807, 2.05) is 30.5 Å². The number of nitrogens with two attached hydrogens (primary N) is 1. The van der Waals surface area contributed by atoms with Gasteiger partial charge in [0.1, 0.15) is 5.71 Å². The summed E-state index contributed by atoms with van der Waals surface area (Å²) in [6.45, 7) is 4.26. The van der Waals surface area contributed by atoms with Crippen LogP contribution in [0.1, 0.15) is 39.5 Å². The maximum atomic E-state index is 5.90. The molecule has 0 aromatic carbocycles. The molecule has 0 radical (unpaired) electrons. The average Bonchev–Trinajstić information content (AvgIpc) is 2.89. The van der Waals surface area contributed by atoms with Crippen LogP contribution >= 0.6 is 0 Å². The van der Waals surface area contributed by atoms with Crippen LogP contribution in [-0.2, 0) is 0 Å². The third kappa shape index (κ3) is 6.07. The minimum Gasteiger partial charge on any atom is -0.403 e. The Morgan fingerprint density at radius 1 is 1.36 bits per heavy atom. The van der Waals surface area contributed by atoms with Crippen molar-refractivity contribution in [2.45, 2.75) is 45.6 Å². The van der Waals surface area contributed by atoms with Crippen LogP contribution in [0.15, 0.2) is 82.4 Å². The Balaban J connectivity index is 2.34. The molecule has 0 saturated heterocycles. The Morgan fingerprint density at radius 3 is 3.00 bits per heavy atom. The zero-order valence-corrected chi connectivity index (χ0v) is 15.2. The third-order valence-electron chi connectivity index (χ3n) is 3.81. The quantitative estimate of drug-likeness (QED) is 0.680. The molecule has 0 saturated carbocycles. The second kappa shape index (κ2) is 10.3. The van der Waals surface area contributed by atoms with Gasteiger partial charge in [-0.15, -0.1) is 0 Å². The maximum absolute atomic E-state index is 5.90. The van der Waals surface area contributed by atoms with E-state index in [4.69, 9.17) is 15.7 Å². The standard InChI is InChI=1S/C21H28N4/c1-3-4-9-15-23-20(16-22)21(19-14-10-11-17(2)24-19)25-18-12-7-5-6-8-13-18/h5-7,9-10,12-17,23H,3-4,8,11,22H2,1-2H3/b15-9-,20-16-,25-21-/t17-/m0/s1. The summed E-state index contributed by atoms with van der Waals surface area (Å²) in [6.07, 6.45) is 23.9. The van der Waals surface area contributed by atoms with Crippen molar-refractivity contribution in [3.8, 4) is 0 Å². The van der Waals surface area contributed by atoms with Crippen molar-refractivity contribution >= 4 is 11.4 Å². The molecule has 4 heteroatoms. The maximum Gasteiger partial charge on any atom is 0.114 e. The number of dihydropyridines is 1. The summed E-state index contributed by atoms with van der Waals surface area (Å²) in [6, 6.07) is 0.250. The highest BCUT2D eigenvalue weighted by Gasteiger charge is 2.16. The molecular formula is C21H28N4. The molecule has 0 amide bonds. The molecule has 0 bridgehead atoms. The van der Waals surface area contributed by atoms with Crippen molar-refractivity contribution in [2.24, 2.45) is 15.7 Å². The number of hydrogen-bond donors (Lipinski definition) is 2. The number of allylic oxidation sites excluding steroid dienone is 8. The third-order valence-corrected chi connectivity index (χ3v) is 3.81. The lowest BCUT2D eigenvalue weighted by atomic mass is 10.1. The van der Waals surface area contributed by atoms with Crippen LogP contribution in [0, 0.1) is 0 Å². The molecule has 1 atom stereocenters. The molecule has 1 aliphatic carbocycles. The smallest absolute Gasteiger partial charge is 0.114 e. The molecule has 0 aromatic rings. The van der Waals surface area contributed by atoms with Gasteiger partial charge in [-0.05, 0) is 44.5 Å².